The number of rotatable bonds is 4. The molecule has 3 heterocycles. The third kappa shape index (κ3) is 3.58. The van der Waals surface area contributed by atoms with E-state index in [1.807, 2.05) is 17.5 Å². The van der Waals surface area contributed by atoms with E-state index in [2.05, 4.69) is 10.2 Å². The largest absolute Gasteiger partial charge is 0.447 e. The Morgan fingerprint density at radius 3 is 2.83 bits per heavy atom. The summed E-state index contributed by atoms with van der Waals surface area (Å²) >= 11 is 7.33. The highest BCUT2D eigenvalue weighted by molar-refractivity contribution is 7.12. The third-order valence-corrected chi connectivity index (χ3v) is 5.83. The van der Waals surface area contributed by atoms with Crippen LogP contribution in [-0.4, -0.2) is 36.5 Å². The van der Waals surface area contributed by atoms with Crippen molar-refractivity contribution in [1.29, 1.82) is 0 Å². The highest BCUT2D eigenvalue weighted by Gasteiger charge is 2.32. The van der Waals surface area contributed by atoms with Gasteiger partial charge in [0.1, 0.15) is 5.75 Å². The molecule has 2 aliphatic rings. The summed E-state index contributed by atoms with van der Waals surface area (Å²) in [5.74, 6) is 1.44. The van der Waals surface area contributed by atoms with Crippen LogP contribution in [0.2, 0.25) is 5.02 Å². The van der Waals surface area contributed by atoms with Gasteiger partial charge in [0.15, 0.2) is 5.06 Å². The second-order valence-electron chi connectivity index (χ2n) is 6.53. The van der Waals surface area contributed by atoms with Crippen LogP contribution in [0.15, 0.2) is 35.7 Å². The van der Waals surface area contributed by atoms with E-state index in [4.69, 9.17) is 16.3 Å². The Bertz CT molecular complexity index is 719. The van der Waals surface area contributed by atoms with Crippen LogP contribution in [0, 0.1) is 5.92 Å². The molecule has 0 radical (unpaired) electrons. The summed E-state index contributed by atoms with van der Waals surface area (Å²) in [6.07, 6.45) is 2.37. The zero-order chi connectivity index (χ0) is 16.5. The van der Waals surface area contributed by atoms with Crippen LogP contribution in [0.5, 0.6) is 10.8 Å². The van der Waals surface area contributed by atoms with Gasteiger partial charge in [0.05, 0.1) is 5.02 Å². The van der Waals surface area contributed by atoms with Gasteiger partial charge in [-0.15, -0.1) is 11.3 Å². The summed E-state index contributed by atoms with van der Waals surface area (Å²) in [5.41, 5.74) is 0.666. The minimum Gasteiger partial charge on any atom is -0.447 e. The van der Waals surface area contributed by atoms with Crippen molar-refractivity contribution in [2.24, 2.45) is 5.92 Å². The number of hydrogen-bond acceptors (Lipinski definition) is 4. The average molecular weight is 363 g/mol. The summed E-state index contributed by atoms with van der Waals surface area (Å²) in [5, 5.41) is 6.41. The molecular formula is C18H19ClN2O2S. The molecule has 4 rings (SSSR count). The van der Waals surface area contributed by atoms with E-state index in [-0.39, 0.29) is 11.9 Å². The fourth-order valence-electron chi connectivity index (χ4n) is 3.57. The standard InChI is InChI=1S/C18H19ClN2O2S/c19-14-8-17(24-11-14)23-16-3-1-13(2-4-16)18(22)20-15-7-12-5-6-21(9-12)10-15/h1-4,8,11-12,15H,5-7,9-10H2,(H,20,22). The maximum Gasteiger partial charge on any atom is 0.251 e. The van der Waals surface area contributed by atoms with Crippen LogP contribution >= 0.6 is 22.9 Å². The lowest BCUT2D eigenvalue weighted by Gasteiger charge is -2.30. The van der Waals surface area contributed by atoms with Crippen molar-refractivity contribution < 1.29 is 9.53 Å². The molecule has 0 spiro atoms. The normalized spacial score (nSPS) is 25.5. The molecule has 3 atom stereocenters. The first-order chi connectivity index (χ1) is 11.7. The lowest BCUT2D eigenvalue weighted by atomic mass is 9.96. The van der Waals surface area contributed by atoms with Gasteiger partial charge in [0, 0.05) is 36.1 Å². The molecule has 1 amide bonds. The van der Waals surface area contributed by atoms with Crippen molar-refractivity contribution in [3.8, 4) is 10.8 Å². The Balaban J connectivity index is 1.36. The highest BCUT2D eigenvalue weighted by Crippen LogP contribution is 2.31. The third-order valence-electron chi connectivity index (χ3n) is 4.68. The number of benzene rings is 1. The first kappa shape index (κ1) is 15.9. The summed E-state index contributed by atoms with van der Waals surface area (Å²) in [6, 6.07) is 9.28. The molecule has 24 heavy (non-hydrogen) atoms. The quantitative estimate of drug-likeness (QED) is 0.893. The van der Waals surface area contributed by atoms with Crippen molar-refractivity contribution in [3.63, 3.8) is 0 Å². The number of nitrogens with one attached hydrogen (secondary N) is 1. The molecule has 126 valence electrons. The van der Waals surface area contributed by atoms with E-state index in [1.54, 1.807) is 18.2 Å². The first-order valence-electron chi connectivity index (χ1n) is 8.21. The van der Waals surface area contributed by atoms with Crippen LogP contribution in [0.1, 0.15) is 23.2 Å². The number of nitrogens with zero attached hydrogens (tertiary/aromatic N) is 1. The van der Waals surface area contributed by atoms with Gasteiger partial charge in [0.25, 0.3) is 5.91 Å². The number of carbonyl (C=O) groups is 1. The first-order valence-corrected chi connectivity index (χ1v) is 9.46. The molecule has 1 N–H and O–H groups in total. The minimum atomic E-state index is -0.00628. The molecule has 2 aliphatic heterocycles. The number of ether oxygens (including phenoxy) is 1. The van der Waals surface area contributed by atoms with Gasteiger partial charge in [-0.05, 0) is 49.6 Å². The Morgan fingerprint density at radius 2 is 2.12 bits per heavy atom. The van der Waals surface area contributed by atoms with Crippen LogP contribution in [-0.2, 0) is 0 Å². The van der Waals surface area contributed by atoms with Crippen LogP contribution < -0.4 is 10.1 Å². The van der Waals surface area contributed by atoms with Crippen molar-refractivity contribution in [3.05, 3.63) is 46.3 Å². The van der Waals surface area contributed by atoms with E-state index in [9.17, 15) is 4.79 Å². The fraction of sp³-hybridized carbons (Fsp3) is 0.389. The van der Waals surface area contributed by atoms with E-state index < -0.39 is 0 Å². The fourth-order valence-corrected chi connectivity index (χ4v) is 4.51. The molecule has 0 aliphatic carbocycles. The number of carbonyl (C=O) groups excluding carboxylic acids is 1. The second kappa shape index (κ2) is 6.75. The Hall–Kier alpha value is -1.56. The molecule has 2 bridgehead atoms. The number of hydrogen-bond donors (Lipinski definition) is 1. The summed E-state index contributed by atoms with van der Waals surface area (Å²) < 4.78 is 5.72. The smallest absolute Gasteiger partial charge is 0.251 e. The van der Waals surface area contributed by atoms with E-state index >= 15 is 0 Å². The van der Waals surface area contributed by atoms with Gasteiger partial charge >= 0.3 is 0 Å². The lowest BCUT2D eigenvalue weighted by molar-refractivity contribution is 0.0909. The van der Waals surface area contributed by atoms with E-state index in [0.717, 1.165) is 23.9 Å². The summed E-state index contributed by atoms with van der Waals surface area (Å²) in [4.78, 5) is 14.9. The molecule has 2 aromatic rings. The number of fused-ring (bicyclic) bond motifs is 2. The van der Waals surface area contributed by atoms with Crippen LogP contribution in [0.3, 0.4) is 0 Å². The molecule has 1 aromatic carbocycles. The van der Waals surface area contributed by atoms with Gasteiger partial charge in [-0.25, -0.2) is 0 Å². The molecule has 2 saturated heterocycles. The monoisotopic (exact) mass is 362 g/mol. The summed E-state index contributed by atoms with van der Waals surface area (Å²) in [6.45, 7) is 3.35. The predicted molar refractivity (Wildman–Crippen MR) is 96.3 cm³/mol. The lowest BCUT2D eigenvalue weighted by Crippen LogP contribution is -2.46. The van der Waals surface area contributed by atoms with Crippen molar-refractivity contribution in [1.82, 2.24) is 10.2 Å². The van der Waals surface area contributed by atoms with Gasteiger partial charge < -0.3 is 15.0 Å². The SMILES string of the molecule is O=C(NC1CC2CCN(C2)C1)c1ccc(Oc2cc(Cl)cs2)cc1. The molecule has 6 heteroatoms. The van der Waals surface area contributed by atoms with Crippen LogP contribution in [0.25, 0.3) is 0 Å². The zero-order valence-electron chi connectivity index (χ0n) is 13.2. The molecule has 1 aromatic heterocycles. The Labute approximate surface area is 150 Å². The van der Waals surface area contributed by atoms with Gasteiger partial charge in [-0.2, -0.15) is 0 Å². The van der Waals surface area contributed by atoms with Gasteiger partial charge in [-0.1, -0.05) is 11.6 Å². The molecular weight excluding hydrogens is 344 g/mol. The van der Waals surface area contributed by atoms with E-state index in [1.165, 1.54) is 30.8 Å². The van der Waals surface area contributed by atoms with Crippen molar-refractivity contribution in [2.45, 2.75) is 18.9 Å². The Kier molecular flexibility index (Phi) is 4.48. The number of piperidine rings is 1. The van der Waals surface area contributed by atoms with Crippen LogP contribution in [0.4, 0.5) is 0 Å². The van der Waals surface area contributed by atoms with Gasteiger partial charge in [-0.3, -0.25) is 4.79 Å². The van der Waals surface area contributed by atoms with Crippen molar-refractivity contribution in [2.75, 3.05) is 19.6 Å². The maximum atomic E-state index is 12.4. The van der Waals surface area contributed by atoms with E-state index in [0.29, 0.717) is 16.3 Å². The number of halogens is 1. The Morgan fingerprint density at radius 1 is 1.29 bits per heavy atom. The predicted octanol–water partition coefficient (Wildman–Crippen LogP) is 4.02. The molecule has 3 unspecified atom stereocenters. The second-order valence-corrected chi connectivity index (χ2v) is 7.84. The summed E-state index contributed by atoms with van der Waals surface area (Å²) in [7, 11) is 0. The van der Waals surface area contributed by atoms with Crippen molar-refractivity contribution >= 4 is 28.8 Å². The molecule has 4 nitrogen and oxygen atoms in total. The highest BCUT2D eigenvalue weighted by atomic mass is 35.5. The zero-order valence-corrected chi connectivity index (χ0v) is 14.8. The number of amides is 1. The minimum absolute atomic E-state index is 0.00628. The number of thiophene rings is 1. The maximum absolute atomic E-state index is 12.4. The van der Waals surface area contributed by atoms with Gasteiger partial charge in [0.2, 0.25) is 0 Å². The topological polar surface area (TPSA) is 41.6 Å². The average Bonchev–Trinajstić information content (AvgIpc) is 3.13. The molecule has 2 fully saturated rings. The molecule has 0 saturated carbocycles.